The van der Waals surface area contributed by atoms with Crippen molar-refractivity contribution in [3.8, 4) is 0 Å². The van der Waals surface area contributed by atoms with E-state index in [1.807, 2.05) is 18.5 Å². The second kappa shape index (κ2) is 3.81. The molecule has 0 bridgehead atoms. The lowest BCUT2D eigenvalue weighted by Gasteiger charge is -1.97. The number of aryl methyl sites for hydroxylation is 2. The van der Waals surface area contributed by atoms with Crippen molar-refractivity contribution >= 4 is 11.8 Å². The first-order valence-electron chi connectivity index (χ1n) is 3.99. The molecule has 0 saturated heterocycles. The van der Waals surface area contributed by atoms with Gasteiger partial charge in [-0.1, -0.05) is 25.3 Å². The highest BCUT2D eigenvalue weighted by Gasteiger charge is 2.03. The van der Waals surface area contributed by atoms with Crippen LogP contribution in [0.2, 0.25) is 0 Å². The Morgan fingerprint density at radius 3 is 2.83 bits per heavy atom. The quantitative estimate of drug-likeness (QED) is 0.669. The molecule has 1 aromatic rings. The molecule has 0 spiro atoms. The maximum atomic E-state index is 4.43. The second-order valence-corrected chi connectivity index (χ2v) is 4.05. The Morgan fingerprint density at radius 1 is 1.75 bits per heavy atom. The van der Waals surface area contributed by atoms with Gasteiger partial charge in [-0.15, -0.1) is 0 Å². The lowest BCUT2D eigenvalue weighted by molar-refractivity contribution is 0.791. The Labute approximate surface area is 77.7 Å². The van der Waals surface area contributed by atoms with Crippen LogP contribution in [0.15, 0.2) is 22.8 Å². The van der Waals surface area contributed by atoms with Gasteiger partial charge in [0, 0.05) is 13.2 Å². The van der Waals surface area contributed by atoms with E-state index in [0.29, 0.717) is 0 Å². The van der Waals surface area contributed by atoms with E-state index in [-0.39, 0.29) is 0 Å². The van der Waals surface area contributed by atoms with Crippen molar-refractivity contribution in [2.45, 2.75) is 25.4 Å². The molecule has 0 unspecified atom stereocenters. The summed E-state index contributed by atoms with van der Waals surface area (Å²) in [7, 11) is 2.01. The lowest BCUT2D eigenvalue weighted by Crippen LogP contribution is -1.87. The Hall–Kier alpha value is -0.700. The molecule has 0 aliphatic heterocycles. The van der Waals surface area contributed by atoms with Gasteiger partial charge in [0.1, 0.15) is 0 Å². The molecule has 0 atom stereocenters. The first-order chi connectivity index (χ1) is 5.63. The van der Waals surface area contributed by atoms with Gasteiger partial charge < -0.3 is 4.57 Å². The van der Waals surface area contributed by atoms with E-state index in [2.05, 4.69) is 24.7 Å². The van der Waals surface area contributed by atoms with Gasteiger partial charge in [0.25, 0.3) is 0 Å². The molecule has 0 aromatic carbocycles. The third kappa shape index (κ3) is 2.14. The van der Waals surface area contributed by atoms with Crippen LogP contribution in [0.1, 0.15) is 19.5 Å². The summed E-state index contributed by atoms with van der Waals surface area (Å²) >= 11 is 1.62. The lowest BCUT2D eigenvalue weighted by atomic mass is 10.4. The van der Waals surface area contributed by atoms with E-state index in [0.717, 1.165) is 22.2 Å². The molecule has 0 fully saturated rings. The summed E-state index contributed by atoms with van der Waals surface area (Å²) in [6.45, 7) is 7.94. The normalized spacial score (nSPS) is 10.2. The number of imidazole rings is 1. The number of hydrogen-bond donors (Lipinski definition) is 0. The topological polar surface area (TPSA) is 17.8 Å². The molecule has 1 heterocycles. The van der Waals surface area contributed by atoms with Crippen molar-refractivity contribution in [3.05, 3.63) is 23.4 Å². The first-order valence-corrected chi connectivity index (χ1v) is 4.80. The van der Waals surface area contributed by atoms with Gasteiger partial charge in [-0.05, 0) is 18.2 Å². The van der Waals surface area contributed by atoms with Gasteiger partial charge in [0.15, 0.2) is 5.16 Å². The Bertz CT molecular complexity index is 289. The van der Waals surface area contributed by atoms with E-state index in [4.69, 9.17) is 0 Å². The van der Waals surface area contributed by atoms with E-state index in [9.17, 15) is 0 Å². The summed E-state index contributed by atoms with van der Waals surface area (Å²) < 4.78 is 2.04. The second-order valence-electron chi connectivity index (χ2n) is 2.78. The van der Waals surface area contributed by atoms with E-state index >= 15 is 0 Å². The van der Waals surface area contributed by atoms with Crippen molar-refractivity contribution in [3.63, 3.8) is 0 Å². The molecule has 0 aliphatic rings. The predicted octanol–water partition coefficient (Wildman–Crippen LogP) is 2.61. The summed E-state index contributed by atoms with van der Waals surface area (Å²) in [6.07, 6.45) is 3.05. The monoisotopic (exact) mass is 182 g/mol. The highest BCUT2D eigenvalue weighted by molar-refractivity contribution is 8.02. The molecule has 0 aliphatic carbocycles. The summed E-state index contributed by atoms with van der Waals surface area (Å²) in [4.78, 5) is 5.51. The van der Waals surface area contributed by atoms with Crippen molar-refractivity contribution in [1.29, 1.82) is 0 Å². The average Bonchev–Trinajstić information content (AvgIpc) is 2.31. The molecule has 3 heteroatoms. The van der Waals surface area contributed by atoms with Crippen LogP contribution < -0.4 is 0 Å². The Balaban J connectivity index is 2.84. The van der Waals surface area contributed by atoms with E-state index in [1.54, 1.807) is 11.8 Å². The minimum atomic E-state index is 0.991. The van der Waals surface area contributed by atoms with Gasteiger partial charge in [-0.25, -0.2) is 4.98 Å². The molecule has 2 nitrogen and oxygen atoms in total. The zero-order valence-corrected chi connectivity index (χ0v) is 8.61. The average molecular weight is 182 g/mol. The summed E-state index contributed by atoms with van der Waals surface area (Å²) in [5, 5.41) is 1.03. The molecular weight excluding hydrogens is 168 g/mol. The van der Waals surface area contributed by atoms with Crippen LogP contribution in [0.5, 0.6) is 0 Å². The minimum absolute atomic E-state index is 0.991. The molecule has 1 aromatic heterocycles. The van der Waals surface area contributed by atoms with Crippen LogP contribution in [0, 0.1) is 0 Å². The zero-order chi connectivity index (χ0) is 9.14. The fourth-order valence-electron chi connectivity index (χ4n) is 0.930. The van der Waals surface area contributed by atoms with Gasteiger partial charge in [-0.3, -0.25) is 0 Å². The molecule has 0 radical (unpaired) electrons. The first kappa shape index (κ1) is 9.39. The maximum Gasteiger partial charge on any atom is 0.172 e. The van der Waals surface area contributed by atoms with Gasteiger partial charge >= 0.3 is 0 Å². The highest BCUT2D eigenvalue weighted by atomic mass is 32.2. The van der Waals surface area contributed by atoms with Crippen molar-refractivity contribution in [2.75, 3.05) is 0 Å². The van der Waals surface area contributed by atoms with Gasteiger partial charge in [0.2, 0.25) is 0 Å². The third-order valence-electron chi connectivity index (χ3n) is 1.51. The molecular formula is C9H14N2S. The van der Waals surface area contributed by atoms with Crippen LogP contribution in [-0.2, 0) is 13.5 Å². The van der Waals surface area contributed by atoms with Gasteiger partial charge in [0.05, 0.1) is 5.69 Å². The number of thioether (sulfide) groups is 1. The maximum absolute atomic E-state index is 4.43. The van der Waals surface area contributed by atoms with Crippen LogP contribution in [0.3, 0.4) is 0 Å². The molecule has 66 valence electrons. The fraction of sp³-hybridized carbons (Fsp3) is 0.444. The Morgan fingerprint density at radius 2 is 2.42 bits per heavy atom. The minimum Gasteiger partial charge on any atom is -0.329 e. The van der Waals surface area contributed by atoms with Crippen molar-refractivity contribution in [2.24, 2.45) is 7.05 Å². The summed E-state index contributed by atoms with van der Waals surface area (Å²) in [6, 6.07) is 0. The summed E-state index contributed by atoms with van der Waals surface area (Å²) in [5.41, 5.74) is 1.14. The molecule has 1 rings (SSSR count). The van der Waals surface area contributed by atoms with Crippen LogP contribution in [-0.4, -0.2) is 9.55 Å². The third-order valence-corrected chi connectivity index (χ3v) is 2.42. The standard InChI is InChI=1S/C9H14N2S/c1-5-8-6-11(4)9(10-8)12-7(2)3/h6H,2,5H2,1,3-4H3. The smallest absolute Gasteiger partial charge is 0.172 e. The molecule has 12 heavy (non-hydrogen) atoms. The molecule has 0 N–H and O–H groups in total. The number of rotatable bonds is 3. The zero-order valence-electron chi connectivity index (χ0n) is 7.79. The SMILES string of the molecule is C=C(C)Sc1nc(CC)cn1C. The molecule has 0 saturated carbocycles. The Kier molecular flexibility index (Phi) is 2.98. The fourth-order valence-corrected chi connectivity index (χ4v) is 1.60. The summed E-state index contributed by atoms with van der Waals surface area (Å²) in [5.74, 6) is 0. The number of nitrogens with zero attached hydrogens (tertiary/aromatic N) is 2. The van der Waals surface area contributed by atoms with Crippen LogP contribution in [0.25, 0.3) is 0 Å². The van der Waals surface area contributed by atoms with Crippen molar-refractivity contribution < 1.29 is 0 Å². The number of aromatic nitrogens is 2. The van der Waals surface area contributed by atoms with Crippen LogP contribution >= 0.6 is 11.8 Å². The number of allylic oxidation sites excluding steroid dienone is 1. The molecule has 0 amide bonds. The largest absolute Gasteiger partial charge is 0.329 e. The predicted molar refractivity (Wildman–Crippen MR) is 53.3 cm³/mol. The number of hydrogen-bond acceptors (Lipinski definition) is 2. The van der Waals surface area contributed by atoms with Crippen molar-refractivity contribution in [1.82, 2.24) is 9.55 Å². The van der Waals surface area contributed by atoms with Crippen LogP contribution in [0.4, 0.5) is 0 Å². The van der Waals surface area contributed by atoms with Gasteiger partial charge in [-0.2, -0.15) is 0 Å². The van der Waals surface area contributed by atoms with E-state index in [1.165, 1.54) is 0 Å². The van der Waals surface area contributed by atoms with E-state index < -0.39 is 0 Å². The highest BCUT2D eigenvalue weighted by Crippen LogP contribution is 2.23.